The first-order valence-electron chi connectivity index (χ1n) is 8.00. The molecular weight excluding hydrogens is 374 g/mol. The first-order chi connectivity index (χ1) is 13.0. The van der Waals surface area contributed by atoms with Gasteiger partial charge < -0.3 is 14.8 Å². The molecule has 8 heteroatoms. The van der Waals surface area contributed by atoms with Gasteiger partial charge >= 0.3 is 6.61 Å². The number of aromatic nitrogens is 1. The molecule has 0 aliphatic heterocycles. The van der Waals surface area contributed by atoms with E-state index in [4.69, 9.17) is 4.74 Å². The lowest BCUT2D eigenvalue weighted by atomic mass is 10.2. The van der Waals surface area contributed by atoms with Gasteiger partial charge in [0.15, 0.2) is 6.61 Å². The lowest BCUT2D eigenvalue weighted by Crippen LogP contribution is -2.20. The van der Waals surface area contributed by atoms with Gasteiger partial charge in [0.1, 0.15) is 16.5 Å². The molecule has 27 heavy (non-hydrogen) atoms. The monoisotopic (exact) mass is 390 g/mol. The molecule has 0 saturated heterocycles. The summed E-state index contributed by atoms with van der Waals surface area (Å²) in [4.78, 5) is 16.4. The van der Waals surface area contributed by atoms with Crippen LogP contribution >= 0.6 is 11.3 Å². The molecule has 2 aromatic carbocycles. The van der Waals surface area contributed by atoms with Crippen molar-refractivity contribution in [2.75, 3.05) is 11.9 Å². The molecule has 3 aromatic rings. The van der Waals surface area contributed by atoms with Gasteiger partial charge in [0.2, 0.25) is 0 Å². The van der Waals surface area contributed by atoms with Crippen LogP contribution in [0.25, 0.3) is 10.6 Å². The largest absolute Gasteiger partial charge is 0.484 e. The molecule has 0 aliphatic rings. The highest BCUT2D eigenvalue weighted by molar-refractivity contribution is 7.13. The summed E-state index contributed by atoms with van der Waals surface area (Å²) in [5.74, 6) is 0.217. The van der Waals surface area contributed by atoms with Gasteiger partial charge in [-0.2, -0.15) is 8.78 Å². The Labute approximate surface area is 158 Å². The van der Waals surface area contributed by atoms with E-state index >= 15 is 0 Å². The predicted molar refractivity (Wildman–Crippen MR) is 99.5 cm³/mol. The smallest absolute Gasteiger partial charge is 0.387 e. The molecule has 0 spiro atoms. The summed E-state index contributed by atoms with van der Waals surface area (Å²) in [7, 11) is 0. The minimum atomic E-state index is -2.88. The van der Waals surface area contributed by atoms with Crippen molar-refractivity contribution in [3.05, 3.63) is 59.6 Å². The van der Waals surface area contributed by atoms with Gasteiger partial charge in [0, 0.05) is 22.3 Å². The summed E-state index contributed by atoms with van der Waals surface area (Å²) < 4.78 is 33.9. The van der Waals surface area contributed by atoms with Crippen LogP contribution in [0, 0.1) is 6.92 Å². The number of hydrogen-bond donors (Lipinski definition) is 1. The Balaban J connectivity index is 1.50. The molecule has 0 fully saturated rings. The third-order valence-electron chi connectivity index (χ3n) is 3.45. The number of anilines is 1. The Kier molecular flexibility index (Phi) is 5.97. The number of alkyl halides is 2. The summed E-state index contributed by atoms with van der Waals surface area (Å²) in [6.07, 6.45) is 0. The minimum Gasteiger partial charge on any atom is -0.484 e. The van der Waals surface area contributed by atoms with Gasteiger partial charge in [-0.1, -0.05) is 0 Å². The molecule has 1 amide bonds. The zero-order chi connectivity index (χ0) is 19.2. The summed E-state index contributed by atoms with van der Waals surface area (Å²) in [6, 6.07) is 13.0. The van der Waals surface area contributed by atoms with E-state index < -0.39 is 6.61 Å². The Morgan fingerprint density at radius 2 is 1.78 bits per heavy atom. The van der Waals surface area contributed by atoms with E-state index in [0.29, 0.717) is 11.4 Å². The van der Waals surface area contributed by atoms with Crippen molar-refractivity contribution in [2.24, 2.45) is 0 Å². The Morgan fingerprint density at radius 1 is 1.11 bits per heavy atom. The van der Waals surface area contributed by atoms with E-state index in [2.05, 4.69) is 15.0 Å². The van der Waals surface area contributed by atoms with Gasteiger partial charge in [0.25, 0.3) is 5.91 Å². The fourth-order valence-corrected chi connectivity index (χ4v) is 3.05. The fraction of sp³-hybridized carbons (Fsp3) is 0.158. The van der Waals surface area contributed by atoms with Crippen LogP contribution in [0.5, 0.6) is 11.5 Å². The second-order valence-electron chi connectivity index (χ2n) is 5.56. The Hall–Kier alpha value is -3.00. The number of thiazole rings is 1. The fourth-order valence-electron chi connectivity index (χ4n) is 2.25. The summed E-state index contributed by atoms with van der Waals surface area (Å²) in [5.41, 5.74) is 2.41. The molecule has 5 nitrogen and oxygen atoms in total. The predicted octanol–water partition coefficient (Wildman–Crippen LogP) is 4.74. The molecule has 140 valence electrons. The van der Waals surface area contributed by atoms with Crippen molar-refractivity contribution in [3.8, 4) is 22.1 Å². The molecule has 0 bridgehead atoms. The standard InChI is InChI=1S/C19H16F2N2O3S/c1-12-11-27-18(22-12)13-2-6-15(7-3-13)25-10-17(24)23-14-4-8-16(9-5-14)26-19(20)21/h2-9,11,19H,10H2,1H3,(H,23,24). The number of nitrogens with zero attached hydrogens (tertiary/aromatic N) is 1. The van der Waals surface area contributed by atoms with Crippen LogP contribution in [0.15, 0.2) is 53.9 Å². The van der Waals surface area contributed by atoms with Crippen LogP contribution < -0.4 is 14.8 Å². The third kappa shape index (κ3) is 5.49. The number of carbonyl (C=O) groups excluding carboxylic acids is 1. The van der Waals surface area contributed by atoms with Crippen LogP contribution in [0.1, 0.15) is 5.69 Å². The van der Waals surface area contributed by atoms with Crippen molar-refractivity contribution < 1.29 is 23.0 Å². The molecule has 0 atom stereocenters. The number of aryl methyl sites for hydroxylation is 1. The number of amides is 1. The lowest BCUT2D eigenvalue weighted by molar-refractivity contribution is -0.118. The number of benzene rings is 2. The normalized spacial score (nSPS) is 10.7. The van der Waals surface area contributed by atoms with Crippen molar-refractivity contribution in [1.29, 1.82) is 0 Å². The maximum Gasteiger partial charge on any atom is 0.387 e. The molecule has 0 saturated carbocycles. The van der Waals surface area contributed by atoms with E-state index in [9.17, 15) is 13.6 Å². The molecule has 0 unspecified atom stereocenters. The van der Waals surface area contributed by atoms with Crippen LogP contribution in [0.2, 0.25) is 0 Å². The second-order valence-corrected chi connectivity index (χ2v) is 6.42. The summed E-state index contributed by atoms with van der Waals surface area (Å²) in [6.45, 7) is -1.12. The van der Waals surface area contributed by atoms with Crippen LogP contribution in [-0.2, 0) is 4.79 Å². The lowest BCUT2D eigenvalue weighted by Gasteiger charge is -2.09. The van der Waals surface area contributed by atoms with Crippen LogP contribution in [0.3, 0.4) is 0 Å². The Morgan fingerprint density at radius 3 is 2.37 bits per heavy atom. The van der Waals surface area contributed by atoms with Gasteiger partial charge in [0.05, 0.1) is 0 Å². The number of ether oxygens (including phenoxy) is 2. The highest BCUT2D eigenvalue weighted by Crippen LogP contribution is 2.25. The number of hydrogen-bond acceptors (Lipinski definition) is 5. The van der Waals surface area contributed by atoms with E-state index in [1.165, 1.54) is 24.3 Å². The van der Waals surface area contributed by atoms with Gasteiger partial charge in [-0.25, -0.2) is 4.98 Å². The van der Waals surface area contributed by atoms with Crippen molar-refractivity contribution in [1.82, 2.24) is 4.98 Å². The van der Waals surface area contributed by atoms with Gasteiger partial charge in [-0.3, -0.25) is 4.79 Å². The van der Waals surface area contributed by atoms with Crippen molar-refractivity contribution >= 4 is 22.9 Å². The second kappa shape index (κ2) is 8.59. The molecule has 1 N–H and O–H groups in total. The molecule has 0 aliphatic carbocycles. The molecule has 1 heterocycles. The number of rotatable bonds is 7. The summed E-state index contributed by atoms with van der Waals surface area (Å²) >= 11 is 1.57. The minimum absolute atomic E-state index is 0.0229. The third-order valence-corrected chi connectivity index (χ3v) is 4.46. The highest BCUT2D eigenvalue weighted by atomic mass is 32.1. The average molecular weight is 390 g/mol. The SMILES string of the molecule is Cc1csc(-c2ccc(OCC(=O)Nc3ccc(OC(F)F)cc3)cc2)n1. The highest BCUT2D eigenvalue weighted by Gasteiger charge is 2.07. The van der Waals surface area contributed by atoms with E-state index in [1.807, 2.05) is 24.4 Å². The molecular formula is C19H16F2N2O3S. The first-order valence-corrected chi connectivity index (χ1v) is 8.87. The zero-order valence-electron chi connectivity index (χ0n) is 14.3. The number of nitrogens with one attached hydrogen (secondary N) is 1. The number of halogens is 2. The average Bonchev–Trinajstić information content (AvgIpc) is 3.08. The Bertz CT molecular complexity index is 896. The van der Waals surface area contributed by atoms with E-state index in [1.54, 1.807) is 23.5 Å². The van der Waals surface area contributed by atoms with Gasteiger partial charge in [-0.15, -0.1) is 11.3 Å². The van der Waals surface area contributed by atoms with Gasteiger partial charge in [-0.05, 0) is 55.5 Å². The molecule has 0 radical (unpaired) electrons. The van der Waals surface area contributed by atoms with Crippen molar-refractivity contribution in [3.63, 3.8) is 0 Å². The van der Waals surface area contributed by atoms with Crippen LogP contribution in [0.4, 0.5) is 14.5 Å². The van der Waals surface area contributed by atoms with E-state index in [-0.39, 0.29) is 18.3 Å². The topological polar surface area (TPSA) is 60.5 Å². The maximum atomic E-state index is 12.1. The quantitative estimate of drug-likeness (QED) is 0.633. The van der Waals surface area contributed by atoms with E-state index in [0.717, 1.165) is 16.3 Å². The number of carbonyl (C=O) groups is 1. The summed E-state index contributed by atoms with van der Waals surface area (Å²) in [5, 5.41) is 5.53. The zero-order valence-corrected chi connectivity index (χ0v) is 15.1. The first kappa shape index (κ1) is 18.8. The molecule has 1 aromatic heterocycles. The van der Waals surface area contributed by atoms with Crippen molar-refractivity contribution in [2.45, 2.75) is 13.5 Å². The maximum absolute atomic E-state index is 12.1. The molecule has 3 rings (SSSR count). The van der Waals surface area contributed by atoms with Crippen LogP contribution in [-0.4, -0.2) is 24.1 Å².